The molecule has 0 aromatic rings. The van der Waals surface area contributed by atoms with Crippen LogP contribution in [0.25, 0.3) is 0 Å². The van der Waals surface area contributed by atoms with E-state index < -0.39 is 11.5 Å². The fourth-order valence-corrected chi connectivity index (χ4v) is 1.76. The summed E-state index contributed by atoms with van der Waals surface area (Å²) in [5.74, 6) is -0.875. The Morgan fingerprint density at radius 3 is 2.44 bits per heavy atom. The first-order valence-electron chi connectivity index (χ1n) is 5.36. The summed E-state index contributed by atoms with van der Waals surface area (Å²) in [6.45, 7) is 5.90. The van der Waals surface area contributed by atoms with E-state index in [0.29, 0.717) is 6.54 Å². The standard InChI is InChI=1S/C11H18N2O3/c1-8(2)7-12-10(16)13-11(4-3-5-11)6-9(14)15/h1,3-7H2,2H3,(H,14,15)(H2,12,13,16). The number of amides is 2. The van der Waals surface area contributed by atoms with Crippen LogP contribution in [-0.2, 0) is 4.79 Å². The Balaban J connectivity index is 2.41. The topological polar surface area (TPSA) is 78.4 Å². The van der Waals surface area contributed by atoms with Gasteiger partial charge >= 0.3 is 12.0 Å². The van der Waals surface area contributed by atoms with Gasteiger partial charge in [-0.05, 0) is 26.2 Å². The Morgan fingerprint density at radius 2 is 2.06 bits per heavy atom. The fraction of sp³-hybridized carbons (Fsp3) is 0.636. The van der Waals surface area contributed by atoms with Gasteiger partial charge in [-0.25, -0.2) is 4.79 Å². The van der Waals surface area contributed by atoms with E-state index in [9.17, 15) is 9.59 Å². The molecule has 1 fully saturated rings. The van der Waals surface area contributed by atoms with Gasteiger partial charge in [-0.15, -0.1) is 0 Å². The van der Waals surface area contributed by atoms with E-state index in [-0.39, 0.29) is 12.5 Å². The molecule has 5 heteroatoms. The van der Waals surface area contributed by atoms with Crippen molar-refractivity contribution in [2.45, 2.75) is 38.1 Å². The number of urea groups is 1. The molecule has 0 bridgehead atoms. The zero-order valence-electron chi connectivity index (χ0n) is 9.51. The zero-order valence-corrected chi connectivity index (χ0v) is 9.51. The highest BCUT2D eigenvalue weighted by atomic mass is 16.4. The molecule has 0 aromatic carbocycles. The van der Waals surface area contributed by atoms with Gasteiger partial charge in [0.05, 0.1) is 12.0 Å². The molecule has 1 aliphatic rings. The normalized spacial score (nSPS) is 17.1. The first-order chi connectivity index (χ1) is 7.43. The van der Waals surface area contributed by atoms with Gasteiger partial charge in [-0.2, -0.15) is 0 Å². The Labute approximate surface area is 94.9 Å². The van der Waals surface area contributed by atoms with Crippen LogP contribution in [0.5, 0.6) is 0 Å². The molecule has 0 spiro atoms. The highest BCUT2D eigenvalue weighted by Crippen LogP contribution is 2.34. The van der Waals surface area contributed by atoms with E-state index in [1.54, 1.807) is 0 Å². The minimum Gasteiger partial charge on any atom is -0.481 e. The first kappa shape index (κ1) is 12.5. The van der Waals surface area contributed by atoms with Crippen molar-refractivity contribution < 1.29 is 14.7 Å². The Morgan fingerprint density at radius 1 is 1.44 bits per heavy atom. The average Bonchev–Trinajstić information content (AvgIpc) is 2.10. The molecule has 0 heterocycles. The lowest BCUT2D eigenvalue weighted by atomic mass is 9.74. The first-order valence-corrected chi connectivity index (χ1v) is 5.36. The molecule has 0 atom stereocenters. The van der Waals surface area contributed by atoms with Gasteiger partial charge in [0.1, 0.15) is 0 Å². The van der Waals surface area contributed by atoms with Crippen molar-refractivity contribution in [3.05, 3.63) is 12.2 Å². The van der Waals surface area contributed by atoms with Crippen LogP contribution in [0.4, 0.5) is 4.79 Å². The largest absolute Gasteiger partial charge is 0.481 e. The molecule has 0 unspecified atom stereocenters. The maximum absolute atomic E-state index is 11.5. The number of hydrogen-bond acceptors (Lipinski definition) is 2. The number of carboxylic acid groups (broad SMARTS) is 1. The summed E-state index contributed by atoms with van der Waals surface area (Å²) >= 11 is 0. The van der Waals surface area contributed by atoms with Crippen molar-refractivity contribution in [2.75, 3.05) is 6.54 Å². The molecular formula is C11H18N2O3. The summed E-state index contributed by atoms with van der Waals surface area (Å²) in [7, 11) is 0. The Kier molecular flexibility index (Phi) is 3.93. The number of nitrogens with one attached hydrogen (secondary N) is 2. The molecule has 1 rings (SSSR count). The summed E-state index contributed by atoms with van der Waals surface area (Å²) in [4.78, 5) is 22.2. The molecule has 16 heavy (non-hydrogen) atoms. The Hall–Kier alpha value is -1.52. The number of aliphatic carboxylic acids is 1. The molecule has 5 nitrogen and oxygen atoms in total. The number of rotatable bonds is 5. The smallest absolute Gasteiger partial charge is 0.315 e. The third-order valence-corrected chi connectivity index (χ3v) is 2.73. The molecule has 90 valence electrons. The monoisotopic (exact) mass is 226 g/mol. The van der Waals surface area contributed by atoms with Crippen molar-refractivity contribution in [3.63, 3.8) is 0 Å². The maximum Gasteiger partial charge on any atom is 0.315 e. The third kappa shape index (κ3) is 3.56. The van der Waals surface area contributed by atoms with Crippen LogP contribution in [0.1, 0.15) is 32.6 Å². The highest BCUT2D eigenvalue weighted by Gasteiger charge is 2.40. The van der Waals surface area contributed by atoms with E-state index in [0.717, 1.165) is 24.8 Å². The van der Waals surface area contributed by atoms with Crippen molar-refractivity contribution in [1.82, 2.24) is 10.6 Å². The summed E-state index contributed by atoms with van der Waals surface area (Å²) in [6.07, 6.45) is 2.43. The van der Waals surface area contributed by atoms with Gasteiger partial charge in [0.15, 0.2) is 0 Å². The van der Waals surface area contributed by atoms with Crippen LogP contribution in [0.15, 0.2) is 12.2 Å². The Bertz CT molecular complexity index is 308. The van der Waals surface area contributed by atoms with E-state index in [1.165, 1.54) is 0 Å². The number of hydrogen-bond donors (Lipinski definition) is 3. The minimum atomic E-state index is -0.875. The van der Waals surface area contributed by atoms with Crippen molar-refractivity contribution >= 4 is 12.0 Å². The summed E-state index contributed by atoms with van der Waals surface area (Å²) in [5.41, 5.74) is 0.321. The van der Waals surface area contributed by atoms with E-state index in [2.05, 4.69) is 17.2 Å². The number of carboxylic acids is 1. The second kappa shape index (κ2) is 5.01. The second-order valence-electron chi connectivity index (χ2n) is 4.47. The van der Waals surface area contributed by atoms with Gasteiger partial charge in [-0.3, -0.25) is 4.79 Å². The molecule has 0 aromatic heterocycles. The van der Waals surface area contributed by atoms with E-state index in [4.69, 9.17) is 5.11 Å². The number of carbonyl (C=O) groups is 2. The zero-order chi connectivity index (χ0) is 12.2. The molecule has 0 aliphatic heterocycles. The summed E-state index contributed by atoms with van der Waals surface area (Å²) in [5, 5.41) is 14.1. The molecule has 3 N–H and O–H groups in total. The maximum atomic E-state index is 11.5. The lowest BCUT2D eigenvalue weighted by molar-refractivity contribution is -0.139. The highest BCUT2D eigenvalue weighted by molar-refractivity contribution is 5.77. The van der Waals surface area contributed by atoms with Gasteiger partial charge in [0.25, 0.3) is 0 Å². The van der Waals surface area contributed by atoms with Crippen molar-refractivity contribution in [3.8, 4) is 0 Å². The predicted octanol–water partition coefficient (Wildman–Crippen LogP) is 1.26. The van der Waals surface area contributed by atoms with Crippen LogP contribution in [0.3, 0.4) is 0 Å². The van der Waals surface area contributed by atoms with Crippen molar-refractivity contribution in [2.24, 2.45) is 0 Å². The van der Waals surface area contributed by atoms with Crippen LogP contribution in [0, 0.1) is 0 Å². The van der Waals surface area contributed by atoms with E-state index >= 15 is 0 Å². The fourth-order valence-electron chi connectivity index (χ4n) is 1.76. The second-order valence-corrected chi connectivity index (χ2v) is 4.47. The van der Waals surface area contributed by atoms with Crippen LogP contribution in [-0.4, -0.2) is 29.2 Å². The quantitative estimate of drug-likeness (QED) is 0.617. The molecular weight excluding hydrogens is 208 g/mol. The van der Waals surface area contributed by atoms with E-state index in [1.807, 2.05) is 6.92 Å². The number of carbonyl (C=O) groups excluding carboxylic acids is 1. The van der Waals surface area contributed by atoms with Gasteiger partial charge in [-0.1, -0.05) is 12.2 Å². The molecule has 0 radical (unpaired) electrons. The predicted molar refractivity (Wildman–Crippen MR) is 60.2 cm³/mol. The minimum absolute atomic E-state index is 0.00646. The lowest BCUT2D eigenvalue weighted by Gasteiger charge is -2.41. The summed E-state index contributed by atoms with van der Waals surface area (Å²) in [6, 6.07) is -0.316. The molecule has 2 amide bonds. The molecule has 1 aliphatic carbocycles. The van der Waals surface area contributed by atoms with Crippen LogP contribution >= 0.6 is 0 Å². The van der Waals surface area contributed by atoms with Crippen LogP contribution in [0.2, 0.25) is 0 Å². The average molecular weight is 226 g/mol. The summed E-state index contributed by atoms with van der Waals surface area (Å²) < 4.78 is 0. The molecule has 1 saturated carbocycles. The van der Waals surface area contributed by atoms with Gasteiger partial charge < -0.3 is 15.7 Å². The van der Waals surface area contributed by atoms with Gasteiger partial charge in [0, 0.05) is 6.54 Å². The van der Waals surface area contributed by atoms with Crippen LogP contribution < -0.4 is 10.6 Å². The third-order valence-electron chi connectivity index (χ3n) is 2.73. The SMILES string of the molecule is C=C(C)CNC(=O)NC1(CC(=O)O)CCC1. The van der Waals surface area contributed by atoms with Crippen molar-refractivity contribution in [1.29, 1.82) is 0 Å². The lowest BCUT2D eigenvalue weighted by Crippen LogP contribution is -2.57. The molecule has 0 saturated heterocycles. The van der Waals surface area contributed by atoms with Gasteiger partial charge in [0.2, 0.25) is 0 Å².